The number of aromatic nitrogens is 1. The van der Waals surface area contributed by atoms with Gasteiger partial charge in [-0.1, -0.05) is 6.07 Å². The van der Waals surface area contributed by atoms with Gasteiger partial charge in [0.05, 0.1) is 36.4 Å². The molecule has 0 unspecified atom stereocenters. The molecule has 3 aromatic rings. The summed E-state index contributed by atoms with van der Waals surface area (Å²) in [4.78, 5) is 16.9. The van der Waals surface area contributed by atoms with Gasteiger partial charge in [0, 0.05) is 6.07 Å². The summed E-state index contributed by atoms with van der Waals surface area (Å²) in [6.45, 7) is 0. The summed E-state index contributed by atoms with van der Waals surface area (Å²) in [5, 5.41) is 10.6. The van der Waals surface area contributed by atoms with Crippen LogP contribution in [0, 0.1) is 0 Å². The van der Waals surface area contributed by atoms with E-state index in [1.54, 1.807) is 19.2 Å². The highest BCUT2D eigenvalue weighted by atomic mass is 32.1. The van der Waals surface area contributed by atoms with Gasteiger partial charge in [0.15, 0.2) is 5.78 Å². The standard InChI is InChI=1S/C17H15NO4S/c1-21-10-6-7-11(13(19)8-10)14(20)9-16-18-12-4-3-5-15(22-2)17(12)23-16/h3-8,19H,9H2,1-2H3. The average molecular weight is 329 g/mol. The Morgan fingerprint density at radius 1 is 1.22 bits per heavy atom. The van der Waals surface area contributed by atoms with Crippen LogP contribution in [-0.4, -0.2) is 30.1 Å². The summed E-state index contributed by atoms with van der Waals surface area (Å²) >= 11 is 1.42. The molecule has 0 amide bonds. The maximum absolute atomic E-state index is 12.4. The molecule has 1 aromatic heterocycles. The number of hydrogen-bond acceptors (Lipinski definition) is 6. The van der Waals surface area contributed by atoms with Crippen LogP contribution in [0.3, 0.4) is 0 Å². The van der Waals surface area contributed by atoms with Gasteiger partial charge in [0.1, 0.15) is 22.3 Å². The van der Waals surface area contributed by atoms with Crippen molar-refractivity contribution >= 4 is 27.3 Å². The highest BCUT2D eigenvalue weighted by molar-refractivity contribution is 7.19. The third-order valence-electron chi connectivity index (χ3n) is 3.46. The van der Waals surface area contributed by atoms with Crippen molar-refractivity contribution in [3.05, 3.63) is 47.0 Å². The Hall–Kier alpha value is -2.60. The molecule has 1 N–H and O–H groups in total. The van der Waals surface area contributed by atoms with E-state index in [2.05, 4.69) is 4.98 Å². The van der Waals surface area contributed by atoms with Gasteiger partial charge in [-0.15, -0.1) is 11.3 Å². The second-order valence-corrected chi connectivity index (χ2v) is 5.98. The van der Waals surface area contributed by atoms with Crippen LogP contribution in [-0.2, 0) is 6.42 Å². The van der Waals surface area contributed by atoms with Crippen molar-refractivity contribution in [3.8, 4) is 17.2 Å². The molecule has 23 heavy (non-hydrogen) atoms. The summed E-state index contributed by atoms with van der Waals surface area (Å²) in [6, 6.07) is 10.2. The molecule has 6 heteroatoms. The third kappa shape index (κ3) is 2.98. The van der Waals surface area contributed by atoms with Crippen LogP contribution >= 0.6 is 11.3 Å². The van der Waals surface area contributed by atoms with Gasteiger partial charge in [0.25, 0.3) is 0 Å². The molecule has 3 rings (SSSR count). The van der Waals surface area contributed by atoms with E-state index in [9.17, 15) is 9.90 Å². The SMILES string of the molecule is COc1ccc(C(=O)Cc2nc3cccc(OC)c3s2)c(O)c1. The molecule has 0 aliphatic rings. The second-order valence-electron chi connectivity index (χ2n) is 4.90. The smallest absolute Gasteiger partial charge is 0.173 e. The molecule has 1 heterocycles. The Balaban J connectivity index is 1.88. The van der Waals surface area contributed by atoms with Crippen LogP contribution in [0.5, 0.6) is 17.2 Å². The number of rotatable bonds is 5. The first-order valence-corrected chi connectivity index (χ1v) is 7.76. The minimum Gasteiger partial charge on any atom is -0.507 e. The van der Waals surface area contributed by atoms with Gasteiger partial charge >= 0.3 is 0 Å². The van der Waals surface area contributed by atoms with Crippen molar-refractivity contribution in [1.82, 2.24) is 4.98 Å². The lowest BCUT2D eigenvalue weighted by Crippen LogP contribution is -2.03. The lowest BCUT2D eigenvalue weighted by atomic mass is 10.1. The van der Waals surface area contributed by atoms with Crippen LogP contribution in [0.4, 0.5) is 0 Å². The highest BCUT2D eigenvalue weighted by Crippen LogP contribution is 2.32. The Morgan fingerprint density at radius 3 is 2.74 bits per heavy atom. The predicted molar refractivity (Wildman–Crippen MR) is 88.9 cm³/mol. The van der Waals surface area contributed by atoms with Gasteiger partial charge < -0.3 is 14.6 Å². The van der Waals surface area contributed by atoms with Crippen molar-refractivity contribution in [1.29, 1.82) is 0 Å². The molecule has 0 radical (unpaired) electrons. The van der Waals surface area contributed by atoms with E-state index >= 15 is 0 Å². The van der Waals surface area contributed by atoms with E-state index in [0.717, 1.165) is 16.0 Å². The van der Waals surface area contributed by atoms with Crippen LogP contribution in [0.2, 0.25) is 0 Å². The minimum atomic E-state index is -0.192. The summed E-state index contributed by atoms with van der Waals surface area (Å²) in [5.74, 6) is 0.964. The molecule has 0 aliphatic heterocycles. The quantitative estimate of drug-likeness (QED) is 0.726. The Labute approximate surface area is 137 Å². The van der Waals surface area contributed by atoms with E-state index < -0.39 is 0 Å². The molecule has 0 saturated carbocycles. The van der Waals surface area contributed by atoms with Gasteiger partial charge in [-0.3, -0.25) is 4.79 Å². The summed E-state index contributed by atoms with van der Waals surface area (Å²) in [5.41, 5.74) is 1.06. The fourth-order valence-corrected chi connectivity index (χ4v) is 3.37. The van der Waals surface area contributed by atoms with E-state index in [-0.39, 0.29) is 23.5 Å². The number of methoxy groups -OCH3 is 2. The number of nitrogens with zero attached hydrogens (tertiary/aromatic N) is 1. The fourth-order valence-electron chi connectivity index (χ4n) is 2.31. The van der Waals surface area contributed by atoms with Crippen LogP contribution < -0.4 is 9.47 Å². The molecular formula is C17H15NO4S. The summed E-state index contributed by atoms with van der Waals surface area (Å²) < 4.78 is 11.2. The number of carbonyl (C=O) groups excluding carboxylic acids is 1. The number of aromatic hydroxyl groups is 1. The number of ether oxygens (including phenoxy) is 2. The maximum Gasteiger partial charge on any atom is 0.173 e. The molecule has 118 valence electrons. The number of phenolic OH excluding ortho intramolecular Hbond substituents is 1. The van der Waals surface area contributed by atoms with E-state index in [1.165, 1.54) is 24.5 Å². The molecule has 0 bridgehead atoms. The second kappa shape index (κ2) is 6.26. The van der Waals surface area contributed by atoms with Gasteiger partial charge in [0.2, 0.25) is 0 Å². The van der Waals surface area contributed by atoms with Gasteiger partial charge in [-0.25, -0.2) is 4.98 Å². The Bertz CT molecular complexity index is 872. The lowest BCUT2D eigenvalue weighted by Gasteiger charge is -2.05. The largest absolute Gasteiger partial charge is 0.507 e. The molecule has 2 aromatic carbocycles. The number of thiazole rings is 1. The van der Waals surface area contributed by atoms with E-state index in [0.29, 0.717) is 10.8 Å². The first kappa shape index (κ1) is 15.3. The minimum absolute atomic E-state index is 0.0898. The topological polar surface area (TPSA) is 68.7 Å². The number of ketones is 1. The van der Waals surface area contributed by atoms with Crippen LogP contribution in [0.25, 0.3) is 10.2 Å². The normalized spacial score (nSPS) is 10.7. The number of Topliss-reactive ketones (excluding diaryl/α,β-unsaturated/α-hetero) is 1. The van der Waals surface area contributed by atoms with Gasteiger partial charge in [-0.05, 0) is 24.3 Å². The first-order chi connectivity index (χ1) is 11.1. The number of fused-ring (bicyclic) bond motifs is 1. The summed E-state index contributed by atoms with van der Waals surface area (Å²) in [7, 11) is 3.11. The number of phenols is 1. The first-order valence-electron chi connectivity index (χ1n) is 6.95. The summed E-state index contributed by atoms with van der Waals surface area (Å²) in [6.07, 6.45) is 0.127. The monoisotopic (exact) mass is 329 g/mol. The molecule has 0 spiro atoms. The van der Waals surface area contributed by atoms with Crippen molar-refractivity contribution < 1.29 is 19.4 Å². The zero-order valence-electron chi connectivity index (χ0n) is 12.7. The van der Waals surface area contributed by atoms with Crippen molar-refractivity contribution in [3.63, 3.8) is 0 Å². The Kier molecular flexibility index (Phi) is 4.16. The van der Waals surface area contributed by atoms with Crippen molar-refractivity contribution in [2.45, 2.75) is 6.42 Å². The third-order valence-corrected chi connectivity index (χ3v) is 4.55. The fraction of sp³-hybridized carbons (Fsp3) is 0.176. The number of carbonyl (C=O) groups is 1. The average Bonchev–Trinajstić information content (AvgIpc) is 2.96. The zero-order valence-corrected chi connectivity index (χ0v) is 13.5. The number of benzene rings is 2. The maximum atomic E-state index is 12.4. The molecule has 0 fully saturated rings. The van der Waals surface area contributed by atoms with Crippen LogP contribution in [0.15, 0.2) is 36.4 Å². The lowest BCUT2D eigenvalue weighted by molar-refractivity contribution is 0.0990. The molecule has 0 aliphatic carbocycles. The van der Waals surface area contributed by atoms with E-state index in [4.69, 9.17) is 9.47 Å². The van der Waals surface area contributed by atoms with Crippen molar-refractivity contribution in [2.75, 3.05) is 14.2 Å². The molecular weight excluding hydrogens is 314 g/mol. The number of hydrogen-bond donors (Lipinski definition) is 1. The van der Waals surface area contributed by atoms with Crippen LogP contribution in [0.1, 0.15) is 15.4 Å². The van der Waals surface area contributed by atoms with Crippen molar-refractivity contribution in [2.24, 2.45) is 0 Å². The zero-order chi connectivity index (χ0) is 16.4. The highest BCUT2D eigenvalue weighted by Gasteiger charge is 2.16. The molecule has 0 saturated heterocycles. The molecule has 0 atom stereocenters. The molecule has 5 nitrogen and oxygen atoms in total. The predicted octanol–water partition coefficient (Wildman–Crippen LogP) is 3.44. The van der Waals surface area contributed by atoms with E-state index in [1.807, 2.05) is 18.2 Å². The Morgan fingerprint density at radius 2 is 2.04 bits per heavy atom. The van der Waals surface area contributed by atoms with Gasteiger partial charge in [-0.2, -0.15) is 0 Å².